The van der Waals surface area contributed by atoms with E-state index >= 15 is 0 Å². The number of unbranched alkanes of at least 4 members (excludes halogenated alkanes) is 11. The standard InChI is InChI=1S/C14H31N.C4H11N/c1-2-3-4-5-6-7-8-9-10-11-12-13-14-15;1-3-5-4-2/h2-15H2,1H3;5H,3-4H2,1-2H3. The Hall–Kier alpha value is -0.0800. The molecule has 0 bridgehead atoms. The van der Waals surface area contributed by atoms with Crippen molar-refractivity contribution in [3.05, 3.63) is 0 Å². The molecule has 2 heteroatoms. The fourth-order valence-electron chi connectivity index (χ4n) is 2.24. The predicted octanol–water partition coefficient (Wildman–Crippen LogP) is 5.26. The molecule has 3 N–H and O–H groups in total. The van der Waals surface area contributed by atoms with Crippen LogP contribution in [0.1, 0.15) is 97.8 Å². The average molecular weight is 287 g/mol. The Morgan fingerprint density at radius 3 is 1.15 bits per heavy atom. The van der Waals surface area contributed by atoms with Gasteiger partial charge < -0.3 is 11.1 Å². The first-order valence-corrected chi connectivity index (χ1v) is 9.24. The highest BCUT2D eigenvalue weighted by molar-refractivity contribution is 4.48. The fourth-order valence-corrected chi connectivity index (χ4v) is 2.24. The zero-order chi connectivity index (χ0) is 15.3. The summed E-state index contributed by atoms with van der Waals surface area (Å²) in [6.07, 6.45) is 16.9. The summed E-state index contributed by atoms with van der Waals surface area (Å²) in [5.41, 5.74) is 5.45. The minimum atomic E-state index is 0.872. The second-order valence-corrected chi connectivity index (χ2v) is 5.63. The quantitative estimate of drug-likeness (QED) is 0.427. The Morgan fingerprint density at radius 2 is 0.900 bits per heavy atom. The molecule has 0 aliphatic rings. The maximum atomic E-state index is 5.45. The van der Waals surface area contributed by atoms with Crippen molar-refractivity contribution in [1.82, 2.24) is 5.32 Å². The van der Waals surface area contributed by atoms with E-state index < -0.39 is 0 Å². The molecular weight excluding hydrogens is 244 g/mol. The summed E-state index contributed by atoms with van der Waals surface area (Å²) in [4.78, 5) is 0. The largest absolute Gasteiger partial charge is 0.330 e. The molecule has 0 saturated carbocycles. The van der Waals surface area contributed by atoms with E-state index in [1.54, 1.807) is 0 Å². The van der Waals surface area contributed by atoms with E-state index in [0.717, 1.165) is 19.6 Å². The zero-order valence-corrected chi connectivity index (χ0v) is 14.7. The molecule has 0 aliphatic heterocycles. The van der Waals surface area contributed by atoms with Gasteiger partial charge in [-0.05, 0) is 26.1 Å². The molecule has 0 radical (unpaired) electrons. The van der Waals surface area contributed by atoms with Gasteiger partial charge in [0.2, 0.25) is 0 Å². The minimum absolute atomic E-state index is 0.872. The lowest BCUT2D eigenvalue weighted by atomic mass is 10.1. The van der Waals surface area contributed by atoms with Crippen LogP contribution >= 0.6 is 0 Å². The molecule has 0 spiro atoms. The third-order valence-corrected chi connectivity index (χ3v) is 3.56. The first-order valence-electron chi connectivity index (χ1n) is 9.24. The fraction of sp³-hybridized carbons (Fsp3) is 1.00. The van der Waals surface area contributed by atoms with Gasteiger partial charge >= 0.3 is 0 Å². The molecule has 2 nitrogen and oxygen atoms in total. The Kier molecular flexibility index (Phi) is 26.6. The summed E-state index contributed by atoms with van der Waals surface area (Å²) >= 11 is 0. The van der Waals surface area contributed by atoms with Crippen LogP contribution in [0.3, 0.4) is 0 Å². The summed E-state index contributed by atoms with van der Waals surface area (Å²) in [5, 5.41) is 3.11. The number of hydrogen-bond donors (Lipinski definition) is 2. The Balaban J connectivity index is 0. The molecule has 0 fully saturated rings. The lowest BCUT2D eigenvalue weighted by Gasteiger charge is -2.01. The minimum Gasteiger partial charge on any atom is -0.330 e. The van der Waals surface area contributed by atoms with Gasteiger partial charge in [0.25, 0.3) is 0 Å². The Bertz CT molecular complexity index is 123. The van der Waals surface area contributed by atoms with Crippen LogP contribution in [0.15, 0.2) is 0 Å². The highest BCUT2D eigenvalue weighted by Crippen LogP contribution is 2.11. The lowest BCUT2D eigenvalue weighted by molar-refractivity contribution is 0.545. The normalized spacial score (nSPS) is 10.2. The summed E-state index contributed by atoms with van der Waals surface area (Å²) in [6.45, 7) is 9.54. The molecule has 0 aliphatic carbocycles. The number of nitrogens with one attached hydrogen (secondary N) is 1. The summed E-state index contributed by atoms with van der Waals surface area (Å²) in [7, 11) is 0. The van der Waals surface area contributed by atoms with Crippen molar-refractivity contribution in [2.24, 2.45) is 5.73 Å². The van der Waals surface area contributed by atoms with Crippen LogP contribution < -0.4 is 11.1 Å². The molecule has 0 aromatic heterocycles. The van der Waals surface area contributed by atoms with Gasteiger partial charge in [0.15, 0.2) is 0 Å². The van der Waals surface area contributed by atoms with Gasteiger partial charge in [-0.1, -0.05) is 91.4 Å². The number of nitrogens with two attached hydrogens (primary N) is 1. The molecule has 0 aromatic carbocycles. The van der Waals surface area contributed by atoms with Crippen molar-refractivity contribution in [3.8, 4) is 0 Å². The van der Waals surface area contributed by atoms with Crippen molar-refractivity contribution in [2.45, 2.75) is 97.8 Å². The van der Waals surface area contributed by atoms with E-state index in [2.05, 4.69) is 26.1 Å². The first kappa shape index (κ1) is 22.2. The van der Waals surface area contributed by atoms with Crippen LogP contribution in [0.5, 0.6) is 0 Å². The first-order chi connectivity index (χ1) is 9.83. The molecule has 0 atom stereocenters. The molecule has 0 unspecified atom stereocenters. The second-order valence-electron chi connectivity index (χ2n) is 5.63. The highest BCUT2D eigenvalue weighted by atomic mass is 14.8. The van der Waals surface area contributed by atoms with Gasteiger partial charge in [-0.15, -0.1) is 0 Å². The van der Waals surface area contributed by atoms with Crippen molar-refractivity contribution < 1.29 is 0 Å². The molecule has 0 amide bonds. The van der Waals surface area contributed by atoms with Gasteiger partial charge in [0.1, 0.15) is 0 Å². The zero-order valence-electron chi connectivity index (χ0n) is 14.7. The van der Waals surface area contributed by atoms with E-state index in [0.29, 0.717) is 0 Å². The van der Waals surface area contributed by atoms with Crippen molar-refractivity contribution in [1.29, 1.82) is 0 Å². The van der Waals surface area contributed by atoms with Gasteiger partial charge in [0, 0.05) is 0 Å². The SMILES string of the molecule is CCCCCCCCCCCCCCN.CCNCC. The van der Waals surface area contributed by atoms with Gasteiger partial charge in [-0.2, -0.15) is 0 Å². The maximum Gasteiger partial charge on any atom is -0.00773 e. The topological polar surface area (TPSA) is 38.0 Å². The van der Waals surface area contributed by atoms with Crippen LogP contribution in [-0.2, 0) is 0 Å². The van der Waals surface area contributed by atoms with E-state index in [4.69, 9.17) is 5.73 Å². The number of hydrogen-bond acceptors (Lipinski definition) is 2. The van der Waals surface area contributed by atoms with Crippen LogP contribution in [0, 0.1) is 0 Å². The van der Waals surface area contributed by atoms with Gasteiger partial charge in [-0.3, -0.25) is 0 Å². The predicted molar refractivity (Wildman–Crippen MR) is 94.4 cm³/mol. The third kappa shape index (κ3) is 26.5. The van der Waals surface area contributed by atoms with Crippen LogP contribution in [-0.4, -0.2) is 19.6 Å². The summed E-state index contributed by atoms with van der Waals surface area (Å²) in [6, 6.07) is 0. The van der Waals surface area contributed by atoms with Crippen LogP contribution in [0.2, 0.25) is 0 Å². The molecular formula is C18H42N2. The van der Waals surface area contributed by atoms with Crippen LogP contribution in [0.25, 0.3) is 0 Å². The molecule has 0 heterocycles. The second kappa shape index (κ2) is 24.0. The summed E-state index contributed by atoms with van der Waals surface area (Å²) in [5.74, 6) is 0. The maximum absolute atomic E-state index is 5.45. The average Bonchev–Trinajstić information content (AvgIpc) is 2.46. The van der Waals surface area contributed by atoms with Crippen molar-refractivity contribution in [3.63, 3.8) is 0 Å². The number of rotatable bonds is 14. The lowest BCUT2D eigenvalue weighted by Crippen LogP contribution is -2.09. The molecule has 20 heavy (non-hydrogen) atoms. The monoisotopic (exact) mass is 286 g/mol. The van der Waals surface area contributed by atoms with E-state index in [-0.39, 0.29) is 0 Å². The highest BCUT2D eigenvalue weighted by Gasteiger charge is 1.92. The smallest absolute Gasteiger partial charge is 0.00773 e. The van der Waals surface area contributed by atoms with E-state index in [9.17, 15) is 0 Å². The Morgan fingerprint density at radius 1 is 0.550 bits per heavy atom. The molecule has 0 rings (SSSR count). The van der Waals surface area contributed by atoms with Gasteiger partial charge in [-0.25, -0.2) is 0 Å². The molecule has 0 saturated heterocycles. The summed E-state index contributed by atoms with van der Waals surface area (Å²) < 4.78 is 0. The van der Waals surface area contributed by atoms with Gasteiger partial charge in [0.05, 0.1) is 0 Å². The van der Waals surface area contributed by atoms with E-state index in [1.165, 1.54) is 77.0 Å². The Labute approximate surface area is 129 Å². The van der Waals surface area contributed by atoms with Crippen molar-refractivity contribution >= 4 is 0 Å². The van der Waals surface area contributed by atoms with Crippen molar-refractivity contribution in [2.75, 3.05) is 19.6 Å². The van der Waals surface area contributed by atoms with Crippen LogP contribution in [0.4, 0.5) is 0 Å². The molecule has 124 valence electrons. The van der Waals surface area contributed by atoms with E-state index in [1.807, 2.05) is 0 Å². The molecule has 0 aromatic rings. The third-order valence-electron chi connectivity index (χ3n) is 3.56.